The van der Waals surface area contributed by atoms with Gasteiger partial charge in [-0.2, -0.15) is 0 Å². The zero-order valence-corrected chi connectivity index (χ0v) is 17.7. The second-order valence-corrected chi connectivity index (χ2v) is 6.18. The summed E-state index contributed by atoms with van der Waals surface area (Å²) in [5, 5.41) is 0. The van der Waals surface area contributed by atoms with Crippen LogP contribution in [0.15, 0.2) is 24.3 Å². The SMILES string of the molecule is COCCOCCc1ccccc1N(CCOCCOC)CCOCCOC. The third-order valence-corrected chi connectivity index (χ3v) is 4.15. The first kappa shape index (κ1) is 24.8. The van der Waals surface area contributed by atoms with Crippen LogP contribution >= 0.6 is 0 Å². The number of methoxy groups -OCH3 is 3. The van der Waals surface area contributed by atoms with Crippen molar-refractivity contribution in [1.29, 1.82) is 0 Å². The zero-order chi connectivity index (χ0) is 20.3. The number of hydrogen-bond donors (Lipinski definition) is 0. The second-order valence-electron chi connectivity index (χ2n) is 6.18. The van der Waals surface area contributed by atoms with Gasteiger partial charge in [0.1, 0.15) is 0 Å². The monoisotopic (exact) mass is 399 g/mol. The lowest BCUT2D eigenvalue weighted by atomic mass is 10.1. The van der Waals surface area contributed by atoms with Gasteiger partial charge in [0.15, 0.2) is 0 Å². The molecule has 1 aromatic rings. The van der Waals surface area contributed by atoms with Crippen molar-refractivity contribution in [2.75, 3.05) is 98.8 Å². The molecule has 0 saturated carbocycles. The Morgan fingerprint density at radius 1 is 0.607 bits per heavy atom. The lowest BCUT2D eigenvalue weighted by Crippen LogP contribution is -2.32. The average molecular weight is 400 g/mol. The fourth-order valence-electron chi connectivity index (χ4n) is 2.65. The number of hydrogen-bond acceptors (Lipinski definition) is 7. The van der Waals surface area contributed by atoms with E-state index in [4.69, 9.17) is 28.4 Å². The molecule has 7 heteroatoms. The predicted molar refractivity (Wildman–Crippen MR) is 110 cm³/mol. The van der Waals surface area contributed by atoms with Crippen LogP contribution in [-0.4, -0.2) is 93.9 Å². The van der Waals surface area contributed by atoms with Crippen LogP contribution < -0.4 is 4.90 Å². The minimum atomic E-state index is 0.601. The number of nitrogens with zero attached hydrogens (tertiary/aromatic N) is 1. The molecule has 0 unspecified atom stereocenters. The summed E-state index contributed by atoms with van der Waals surface area (Å²) < 4.78 is 32.1. The first-order valence-corrected chi connectivity index (χ1v) is 9.86. The van der Waals surface area contributed by atoms with Gasteiger partial charge < -0.3 is 33.3 Å². The lowest BCUT2D eigenvalue weighted by Gasteiger charge is -2.27. The van der Waals surface area contributed by atoms with Gasteiger partial charge in [0.2, 0.25) is 0 Å². The van der Waals surface area contributed by atoms with E-state index in [-0.39, 0.29) is 0 Å². The molecule has 162 valence electrons. The highest BCUT2D eigenvalue weighted by Crippen LogP contribution is 2.21. The maximum atomic E-state index is 5.67. The maximum Gasteiger partial charge on any atom is 0.0701 e. The average Bonchev–Trinajstić information content (AvgIpc) is 2.72. The molecule has 0 aliphatic rings. The zero-order valence-electron chi connectivity index (χ0n) is 17.7. The van der Waals surface area contributed by atoms with Crippen molar-refractivity contribution in [1.82, 2.24) is 0 Å². The topological polar surface area (TPSA) is 58.6 Å². The van der Waals surface area contributed by atoms with Crippen LogP contribution in [0.4, 0.5) is 5.69 Å². The molecule has 0 heterocycles. The van der Waals surface area contributed by atoms with Crippen molar-refractivity contribution in [2.24, 2.45) is 0 Å². The Morgan fingerprint density at radius 3 is 1.64 bits per heavy atom. The molecule has 0 N–H and O–H groups in total. The smallest absolute Gasteiger partial charge is 0.0701 e. The van der Waals surface area contributed by atoms with Crippen molar-refractivity contribution in [3.63, 3.8) is 0 Å². The van der Waals surface area contributed by atoms with Crippen molar-refractivity contribution in [3.8, 4) is 0 Å². The summed E-state index contributed by atoms with van der Waals surface area (Å²) in [6.07, 6.45) is 0.853. The summed E-state index contributed by atoms with van der Waals surface area (Å²) in [4.78, 5) is 2.31. The Bertz CT molecular complexity index is 460. The molecule has 0 bridgehead atoms. The normalized spacial score (nSPS) is 11.1. The van der Waals surface area contributed by atoms with Crippen molar-refractivity contribution >= 4 is 5.69 Å². The van der Waals surface area contributed by atoms with Gasteiger partial charge >= 0.3 is 0 Å². The molecular formula is C21H37NO6. The number of anilines is 1. The van der Waals surface area contributed by atoms with Crippen LogP contribution in [0.3, 0.4) is 0 Å². The van der Waals surface area contributed by atoms with Gasteiger partial charge in [-0.15, -0.1) is 0 Å². The summed E-state index contributed by atoms with van der Waals surface area (Å²) in [7, 11) is 5.04. The Hall–Kier alpha value is -1.22. The molecule has 7 nitrogen and oxygen atoms in total. The highest BCUT2D eigenvalue weighted by Gasteiger charge is 2.11. The van der Waals surface area contributed by atoms with Gasteiger partial charge in [0, 0.05) is 40.1 Å². The number of rotatable bonds is 19. The first-order chi connectivity index (χ1) is 13.8. The molecule has 1 aromatic carbocycles. The van der Waals surface area contributed by atoms with Crippen molar-refractivity contribution in [2.45, 2.75) is 6.42 Å². The third-order valence-electron chi connectivity index (χ3n) is 4.15. The standard InChI is InChI=1S/C21H37NO6/c1-23-14-17-26-11-8-20-6-4-5-7-21(20)22(9-12-27-18-15-24-2)10-13-28-19-16-25-3/h4-7H,8-19H2,1-3H3. The van der Waals surface area contributed by atoms with Crippen LogP contribution in [0.1, 0.15) is 5.56 Å². The highest BCUT2D eigenvalue weighted by molar-refractivity contribution is 5.53. The molecule has 1 rings (SSSR count). The van der Waals surface area contributed by atoms with Gasteiger partial charge in [-0.3, -0.25) is 0 Å². The molecule has 0 atom stereocenters. The van der Waals surface area contributed by atoms with Crippen molar-refractivity contribution in [3.05, 3.63) is 29.8 Å². The summed E-state index contributed by atoms with van der Waals surface area (Å²) in [5.41, 5.74) is 2.46. The largest absolute Gasteiger partial charge is 0.382 e. The van der Waals surface area contributed by atoms with Gasteiger partial charge in [0.05, 0.1) is 59.5 Å². The first-order valence-electron chi connectivity index (χ1n) is 9.86. The van der Waals surface area contributed by atoms with E-state index in [1.54, 1.807) is 21.3 Å². The second kappa shape index (κ2) is 17.8. The fraction of sp³-hybridized carbons (Fsp3) is 0.714. The van der Waals surface area contributed by atoms with Crippen LogP contribution in [0.25, 0.3) is 0 Å². The predicted octanol–water partition coefficient (Wildman–Crippen LogP) is 2.02. The Morgan fingerprint density at radius 2 is 1.11 bits per heavy atom. The molecule has 0 radical (unpaired) electrons. The van der Waals surface area contributed by atoms with Crippen LogP contribution in [0.2, 0.25) is 0 Å². The highest BCUT2D eigenvalue weighted by atomic mass is 16.5. The Labute approximate surface area is 169 Å². The van der Waals surface area contributed by atoms with Crippen LogP contribution in [0, 0.1) is 0 Å². The summed E-state index contributed by atoms with van der Waals surface area (Å²) in [6, 6.07) is 8.43. The quantitative estimate of drug-likeness (QED) is 0.330. The number of para-hydroxylation sites is 1. The lowest BCUT2D eigenvalue weighted by molar-refractivity contribution is 0.0675. The van der Waals surface area contributed by atoms with Crippen LogP contribution in [-0.2, 0) is 34.8 Å². The van der Waals surface area contributed by atoms with Gasteiger partial charge in [-0.25, -0.2) is 0 Å². The molecule has 0 saturated heterocycles. The Kier molecular flexibility index (Phi) is 15.8. The van der Waals surface area contributed by atoms with E-state index in [1.165, 1.54) is 11.3 Å². The number of benzene rings is 1. The van der Waals surface area contributed by atoms with E-state index in [2.05, 4.69) is 29.2 Å². The molecule has 0 spiro atoms. The van der Waals surface area contributed by atoms with Gasteiger partial charge in [0.25, 0.3) is 0 Å². The van der Waals surface area contributed by atoms with E-state index in [1.807, 2.05) is 0 Å². The summed E-state index contributed by atoms with van der Waals surface area (Å²) in [5.74, 6) is 0. The molecule has 28 heavy (non-hydrogen) atoms. The van der Waals surface area contributed by atoms with E-state index in [9.17, 15) is 0 Å². The van der Waals surface area contributed by atoms with Gasteiger partial charge in [-0.1, -0.05) is 18.2 Å². The fourth-order valence-corrected chi connectivity index (χ4v) is 2.65. The maximum absolute atomic E-state index is 5.67. The molecule has 0 amide bonds. The molecule has 0 aliphatic heterocycles. The molecular weight excluding hydrogens is 362 g/mol. The molecule has 0 aromatic heterocycles. The number of ether oxygens (including phenoxy) is 6. The van der Waals surface area contributed by atoms with E-state index in [0.29, 0.717) is 59.5 Å². The van der Waals surface area contributed by atoms with E-state index >= 15 is 0 Å². The van der Waals surface area contributed by atoms with Crippen LogP contribution in [0.5, 0.6) is 0 Å². The van der Waals surface area contributed by atoms with E-state index < -0.39 is 0 Å². The van der Waals surface area contributed by atoms with E-state index in [0.717, 1.165) is 19.5 Å². The minimum Gasteiger partial charge on any atom is -0.382 e. The molecule has 0 aliphatic carbocycles. The third kappa shape index (κ3) is 11.6. The summed E-state index contributed by atoms with van der Waals surface area (Å²) in [6.45, 7) is 7.17. The minimum absolute atomic E-state index is 0.601. The van der Waals surface area contributed by atoms with Gasteiger partial charge in [-0.05, 0) is 18.1 Å². The van der Waals surface area contributed by atoms with Crippen molar-refractivity contribution < 1.29 is 28.4 Å². The molecule has 0 fully saturated rings. The Balaban J connectivity index is 2.61. The summed E-state index contributed by atoms with van der Waals surface area (Å²) >= 11 is 0.